The Morgan fingerprint density at radius 3 is 2.05 bits per heavy atom. The fourth-order valence-electron chi connectivity index (χ4n) is 7.66. The molecule has 6 heterocycles. The highest BCUT2D eigenvalue weighted by atomic mass is 15.6. The summed E-state index contributed by atoms with van der Waals surface area (Å²) in [4.78, 5) is 16.3. The summed E-state index contributed by atoms with van der Waals surface area (Å²) >= 11 is 0. The van der Waals surface area contributed by atoms with Gasteiger partial charge >= 0.3 is 0 Å². The number of nitrogens with zero attached hydrogens (tertiary/aromatic N) is 6. The lowest BCUT2D eigenvalue weighted by atomic mass is 10.0. The van der Waals surface area contributed by atoms with Crippen molar-refractivity contribution in [1.29, 1.82) is 0 Å². The second-order valence-electron chi connectivity index (χ2n) is 11.3. The van der Waals surface area contributed by atoms with Gasteiger partial charge in [-0.05, 0) is 51.9 Å². The van der Waals surface area contributed by atoms with Crippen molar-refractivity contribution >= 4 is 66.4 Å². The van der Waals surface area contributed by atoms with Gasteiger partial charge in [0.1, 0.15) is 5.49 Å². The molecule has 0 unspecified atom stereocenters. The van der Waals surface area contributed by atoms with Crippen molar-refractivity contribution in [3.8, 4) is 0 Å². The minimum absolute atomic E-state index is 0.643. The number of aliphatic imine (C=N–C) groups is 1. The number of hydrogen-bond acceptors (Lipinski definition) is 3. The van der Waals surface area contributed by atoms with Gasteiger partial charge in [0.15, 0.2) is 5.82 Å². The Bertz CT molecular complexity index is 2610. The summed E-state index contributed by atoms with van der Waals surface area (Å²) in [7, 11) is 0. The lowest BCUT2D eigenvalue weighted by Gasteiger charge is -2.38. The Morgan fingerprint density at radius 2 is 1.25 bits per heavy atom. The zero-order chi connectivity index (χ0) is 25.9. The van der Waals surface area contributed by atoms with E-state index in [4.69, 9.17) is 15.0 Å². The topological polar surface area (TPSA) is 49.9 Å². The SMILES string of the molecule is C[C@@]12n3c4c5ccc6ccccc6c5c3N=c3c5cc6ccccc6cc5c(n31)=NC1=[N+]2C(=N4)c2ccccc21. The van der Waals surface area contributed by atoms with Gasteiger partial charge in [-0.15, -0.1) is 0 Å². The highest BCUT2D eigenvalue weighted by Gasteiger charge is 2.57. The first-order chi connectivity index (χ1) is 19.7. The van der Waals surface area contributed by atoms with Crippen LogP contribution in [-0.4, -0.2) is 25.4 Å². The third-order valence-corrected chi connectivity index (χ3v) is 9.35. The van der Waals surface area contributed by atoms with Crippen LogP contribution in [0, 0.1) is 0 Å². The van der Waals surface area contributed by atoms with Gasteiger partial charge in [0.2, 0.25) is 11.3 Å². The molecule has 0 radical (unpaired) electrons. The maximum absolute atomic E-state index is 5.49. The van der Waals surface area contributed by atoms with Crippen LogP contribution in [0.3, 0.4) is 0 Å². The van der Waals surface area contributed by atoms with Gasteiger partial charge in [-0.3, -0.25) is 0 Å². The van der Waals surface area contributed by atoms with Crippen LogP contribution >= 0.6 is 0 Å². The highest BCUT2D eigenvalue weighted by Crippen LogP contribution is 2.50. The molecule has 2 aromatic heterocycles. The monoisotopic (exact) mass is 511 g/mol. The van der Waals surface area contributed by atoms with Gasteiger partial charge in [-0.2, -0.15) is 4.58 Å². The van der Waals surface area contributed by atoms with Crippen LogP contribution in [0.5, 0.6) is 0 Å². The summed E-state index contributed by atoms with van der Waals surface area (Å²) < 4.78 is 7.03. The molecule has 4 aliphatic heterocycles. The van der Waals surface area contributed by atoms with Crippen LogP contribution in [0.4, 0.5) is 11.6 Å². The van der Waals surface area contributed by atoms with Crippen molar-refractivity contribution in [2.75, 3.05) is 0 Å². The van der Waals surface area contributed by atoms with E-state index in [-0.39, 0.29) is 0 Å². The normalized spacial score (nSPS) is 19.2. The third-order valence-electron chi connectivity index (χ3n) is 9.35. The molecule has 0 spiro atoms. The maximum Gasteiger partial charge on any atom is 0.277 e. The first-order valence-electron chi connectivity index (χ1n) is 13.7. The third kappa shape index (κ3) is 1.91. The Morgan fingerprint density at radius 1 is 0.575 bits per heavy atom. The summed E-state index contributed by atoms with van der Waals surface area (Å²) in [5.41, 5.74) is 4.14. The Labute approximate surface area is 226 Å². The second kappa shape index (κ2) is 6.10. The molecule has 4 aliphatic rings. The molecule has 40 heavy (non-hydrogen) atoms. The molecular weight excluding hydrogens is 492 g/mol. The molecule has 0 bridgehead atoms. The van der Waals surface area contributed by atoms with E-state index in [0.717, 1.165) is 67.0 Å². The first-order valence-corrected chi connectivity index (χ1v) is 13.7. The van der Waals surface area contributed by atoms with E-state index in [9.17, 15) is 0 Å². The van der Waals surface area contributed by atoms with E-state index in [0.29, 0.717) is 0 Å². The standard InChI is InChI=1S/C34H19N6/c1-34-38-28-22-12-6-7-13-23(22)29(38)36-31-25-16-19-9-2-3-10-20(19)17-26(25)32(39(31)34)37-33-27-21-11-5-4-8-18(21)14-15-24(27)30(35-28)40(33)34/h2-17H,1H3/q+1/t34-/m0/s1. The van der Waals surface area contributed by atoms with E-state index in [1.807, 2.05) is 0 Å². The molecule has 5 aromatic carbocycles. The summed E-state index contributed by atoms with van der Waals surface area (Å²) in [6, 6.07) is 34.7. The van der Waals surface area contributed by atoms with Crippen molar-refractivity contribution < 1.29 is 4.58 Å². The predicted molar refractivity (Wildman–Crippen MR) is 157 cm³/mol. The molecule has 6 nitrogen and oxygen atoms in total. The molecule has 184 valence electrons. The van der Waals surface area contributed by atoms with Crippen LogP contribution in [0.25, 0.3) is 43.1 Å². The quantitative estimate of drug-likeness (QED) is 0.230. The van der Waals surface area contributed by atoms with Gasteiger partial charge in [-0.1, -0.05) is 76.7 Å². The van der Waals surface area contributed by atoms with Crippen LogP contribution in [0.2, 0.25) is 0 Å². The Hall–Kier alpha value is -5.36. The van der Waals surface area contributed by atoms with E-state index in [1.165, 1.54) is 21.5 Å². The largest absolute Gasteiger partial charge is 0.277 e. The van der Waals surface area contributed by atoms with Gasteiger partial charge in [-0.25, -0.2) is 14.1 Å². The van der Waals surface area contributed by atoms with Gasteiger partial charge in [0.25, 0.3) is 17.5 Å². The first kappa shape index (κ1) is 19.7. The summed E-state index contributed by atoms with van der Waals surface area (Å²) in [6.07, 6.45) is 0. The van der Waals surface area contributed by atoms with Crippen LogP contribution < -0.4 is 11.0 Å². The molecule has 0 saturated heterocycles. The number of aromatic nitrogens is 2. The molecule has 7 aromatic rings. The zero-order valence-electron chi connectivity index (χ0n) is 21.4. The molecular formula is C34H19N6+. The molecule has 0 amide bonds. The van der Waals surface area contributed by atoms with Crippen molar-refractivity contribution in [3.63, 3.8) is 0 Å². The molecule has 0 fully saturated rings. The minimum atomic E-state index is -0.643. The van der Waals surface area contributed by atoms with E-state index < -0.39 is 5.79 Å². The fourth-order valence-corrected chi connectivity index (χ4v) is 7.66. The molecule has 6 heteroatoms. The smallest absolute Gasteiger partial charge is 0.240 e. The van der Waals surface area contributed by atoms with Crippen LogP contribution in [0.1, 0.15) is 18.1 Å². The maximum atomic E-state index is 5.49. The average molecular weight is 512 g/mol. The van der Waals surface area contributed by atoms with Crippen molar-refractivity contribution in [1.82, 2.24) is 9.13 Å². The molecule has 0 N–H and O–H groups in total. The second-order valence-corrected chi connectivity index (χ2v) is 11.3. The summed E-state index contributed by atoms with van der Waals surface area (Å²) in [6.45, 7) is 2.30. The van der Waals surface area contributed by atoms with E-state index in [1.54, 1.807) is 0 Å². The molecule has 1 atom stereocenters. The number of hydrogen-bond donors (Lipinski definition) is 0. The van der Waals surface area contributed by atoms with Crippen molar-refractivity contribution in [3.05, 3.63) is 119 Å². The fraction of sp³-hybridized carbons (Fsp3) is 0.0588. The Balaban J connectivity index is 1.47. The van der Waals surface area contributed by atoms with Crippen molar-refractivity contribution in [2.24, 2.45) is 15.0 Å². The van der Waals surface area contributed by atoms with Gasteiger partial charge < -0.3 is 0 Å². The lowest BCUT2D eigenvalue weighted by Crippen LogP contribution is -2.62. The van der Waals surface area contributed by atoms with Crippen LogP contribution in [0.15, 0.2) is 112 Å². The predicted octanol–water partition coefficient (Wildman–Crippen LogP) is 5.84. The Kier molecular flexibility index (Phi) is 3.00. The van der Waals surface area contributed by atoms with Crippen LogP contribution in [-0.2, 0) is 5.79 Å². The number of fused-ring (bicyclic) bond motifs is 12. The number of amidine groups is 2. The van der Waals surface area contributed by atoms with Gasteiger partial charge in [0.05, 0.1) is 11.1 Å². The summed E-state index contributed by atoms with van der Waals surface area (Å²) in [5, 5.41) is 9.34. The lowest BCUT2D eigenvalue weighted by molar-refractivity contribution is -0.550. The number of rotatable bonds is 0. The van der Waals surface area contributed by atoms with Crippen molar-refractivity contribution in [2.45, 2.75) is 12.7 Å². The molecule has 11 rings (SSSR count). The average Bonchev–Trinajstić information content (AvgIpc) is 3.61. The zero-order valence-corrected chi connectivity index (χ0v) is 21.4. The molecule has 0 aliphatic carbocycles. The molecule has 0 saturated carbocycles. The van der Waals surface area contributed by atoms with E-state index >= 15 is 0 Å². The van der Waals surface area contributed by atoms with E-state index in [2.05, 4.69) is 118 Å². The van der Waals surface area contributed by atoms with Gasteiger partial charge in [0, 0.05) is 28.5 Å². The highest BCUT2D eigenvalue weighted by molar-refractivity contribution is 6.20. The number of benzene rings is 5. The summed E-state index contributed by atoms with van der Waals surface area (Å²) in [5.74, 6) is 3.16. The minimum Gasteiger partial charge on any atom is -0.240 e.